The lowest BCUT2D eigenvalue weighted by Gasteiger charge is -2.21. The van der Waals surface area contributed by atoms with Crippen molar-refractivity contribution in [3.63, 3.8) is 0 Å². The van der Waals surface area contributed by atoms with Gasteiger partial charge in [0.05, 0.1) is 11.2 Å². The van der Waals surface area contributed by atoms with Gasteiger partial charge in [-0.1, -0.05) is 196 Å². The summed E-state index contributed by atoms with van der Waals surface area (Å²) < 4.78 is 2.54. The van der Waals surface area contributed by atoms with E-state index < -0.39 is 0 Å². The molecule has 0 bridgehead atoms. The summed E-state index contributed by atoms with van der Waals surface area (Å²) in [6.45, 7) is 4.63. The third-order valence-electron chi connectivity index (χ3n) is 14.3. The number of aromatic nitrogens is 4. The molecule has 13 aromatic rings. The second kappa shape index (κ2) is 14.8. The van der Waals surface area contributed by atoms with Crippen molar-refractivity contribution in [2.75, 3.05) is 0 Å². The largest absolute Gasteiger partial charge is 0.247 e. The maximum Gasteiger partial charge on any atom is 0.165 e. The zero-order chi connectivity index (χ0) is 45.1. The Morgan fingerprint density at radius 3 is 1.65 bits per heavy atom. The molecule has 14 rings (SSSR count). The molecule has 0 atom stereocenters. The van der Waals surface area contributed by atoms with Crippen LogP contribution in [0.2, 0.25) is 0 Å². The predicted octanol–water partition coefficient (Wildman–Crippen LogP) is 16.9. The summed E-state index contributed by atoms with van der Waals surface area (Å²) in [7, 11) is 0. The van der Waals surface area contributed by atoms with E-state index in [1.807, 2.05) is 29.5 Å². The van der Waals surface area contributed by atoms with Crippen LogP contribution in [-0.4, -0.2) is 19.9 Å². The summed E-state index contributed by atoms with van der Waals surface area (Å²) in [4.78, 5) is 21.2. The van der Waals surface area contributed by atoms with Crippen molar-refractivity contribution in [2.45, 2.75) is 19.3 Å². The topological polar surface area (TPSA) is 51.6 Å². The van der Waals surface area contributed by atoms with Crippen LogP contribution in [0.5, 0.6) is 0 Å². The second-order valence-corrected chi connectivity index (χ2v) is 19.5. The summed E-state index contributed by atoms with van der Waals surface area (Å²) in [5.41, 5.74) is 13.5. The molecule has 0 spiro atoms. The highest BCUT2D eigenvalue weighted by Crippen LogP contribution is 2.51. The molecule has 0 radical (unpaired) electrons. The smallest absolute Gasteiger partial charge is 0.165 e. The second-order valence-electron chi connectivity index (χ2n) is 18.5. The third-order valence-corrected chi connectivity index (χ3v) is 15.5. The molecule has 3 heterocycles. The monoisotopic (exact) mass is 884 g/mol. The van der Waals surface area contributed by atoms with Gasteiger partial charge in [-0.05, 0) is 79.2 Å². The van der Waals surface area contributed by atoms with Gasteiger partial charge in [0.25, 0.3) is 0 Å². The Labute approximate surface area is 396 Å². The molecule has 68 heavy (non-hydrogen) atoms. The summed E-state index contributed by atoms with van der Waals surface area (Å²) in [5.74, 6) is 1.94. The zero-order valence-electron chi connectivity index (χ0n) is 37.3. The van der Waals surface area contributed by atoms with Crippen LogP contribution < -0.4 is 0 Å². The van der Waals surface area contributed by atoms with E-state index in [4.69, 9.17) is 19.9 Å². The Kier molecular flexibility index (Phi) is 8.46. The molecule has 0 aliphatic heterocycles. The van der Waals surface area contributed by atoms with Crippen molar-refractivity contribution in [3.8, 4) is 67.7 Å². The quantitative estimate of drug-likeness (QED) is 0.128. The maximum atomic E-state index is 5.43. The molecular weight excluding hydrogens is 845 g/mol. The fourth-order valence-electron chi connectivity index (χ4n) is 11.1. The first kappa shape index (κ1) is 38.8. The molecule has 4 nitrogen and oxygen atoms in total. The van der Waals surface area contributed by atoms with Crippen LogP contribution in [0.4, 0.5) is 0 Å². The summed E-state index contributed by atoms with van der Waals surface area (Å²) in [6.07, 6.45) is 0. The molecular formula is C63H40N4S. The Bertz CT molecular complexity index is 4170. The van der Waals surface area contributed by atoms with E-state index in [9.17, 15) is 0 Å². The van der Waals surface area contributed by atoms with E-state index in [-0.39, 0.29) is 5.41 Å². The molecule has 318 valence electrons. The first-order chi connectivity index (χ1) is 33.5. The van der Waals surface area contributed by atoms with Gasteiger partial charge in [0.1, 0.15) is 0 Å². The van der Waals surface area contributed by atoms with Gasteiger partial charge in [0.2, 0.25) is 0 Å². The van der Waals surface area contributed by atoms with Crippen LogP contribution in [-0.2, 0) is 5.41 Å². The van der Waals surface area contributed by atoms with Crippen LogP contribution in [0.15, 0.2) is 206 Å². The standard InChI is InChI=1S/C63H40N4S/c1-63(2)51-27-15-13-21-41(51)49-36-40(29-33-52(49)63)61-65-60(38-19-7-4-8-20-38)66-62(67-61)57-44-24-11-9-22-42(44)55(43-23-10-12-25-45(43)57)39-30-34-54-50(35-39)46-31-32-48-56(59(46)68-54)47-26-14-16-28-53(47)64-58(48)37-17-5-3-6-18-37/h3-36H,1-2H3. The summed E-state index contributed by atoms with van der Waals surface area (Å²) in [5, 5.41) is 10.6. The fraction of sp³-hybridized carbons (Fsp3) is 0.0476. The fourth-order valence-corrected chi connectivity index (χ4v) is 12.4. The average molecular weight is 885 g/mol. The molecule has 5 heteroatoms. The van der Waals surface area contributed by atoms with Crippen molar-refractivity contribution >= 4 is 74.7 Å². The van der Waals surface area contributed by atoms with E-state index in [0.717, 1.165) is 55.0 Å². The maximum absolute atomic E-state index is 5.43. The number of thiophene rings is 1. The van der Waals surface area contributed by atoms with Gasteiger partial charge in [0.15, 0.2) is 17.5 Å². The molecule has 1 aliphatic carbocycles. The highest BCUT2D eigenvalue weighted by atomic mass is 32.1. The molecule has 3 aromatic heterocycles. The Morgan fingerprint density at radius 2 is 0.912 bits per heavy atom. The first-order valence-corrected chi connectivity index (χ1v) is 24.0. The number of hydrogen-bond acceptors (Lipinski definition) is 5. The van der Waals surface area contributed by atoms with Crippen LogP contribution in [0.3, 0.4) is 0 Å². The highest BCUT2D eigenvalue weighted by Gasteiger charge is 2.35. The zero-order valence-corrected chi connectivity index (χ0v) is 38.1. The highest BCUT2D eigenvalue weighted by molar-refractivity contribution is 7.26. The number of fused-ring (bicyclic) bond motifs is 12. The van der Waals surface area contributed by atoms with E-state index >= 15 is 0 Å². The van der Waals surface area contributed by atoms with Crippen molar-refractivity contribution in [1.82, 2.24) is 19.9 Å². The van der Waals surface area contributed by atoms with Gasteiger partial charge in [-0.3, -0.25) is 0 Å². The molecule has 0 saturated heterocycles. The van der Waals surface area contributed by atoms with Gasteiger partial charge in [0, 0.05) is 64.0 Å². The van der Waals surface area contributed by atoms with Crippen molar-refractivity contribution in [3.05, 3.63) is 217 Å². The van der Waals surface area contributed by atoms with E-state index in [1.165, 1.54) is 69.7 Å². The van der Waals surface area contributed by atoms with Crippen LogP contribution in [0.1, 0.15) is 25.0 Å². The average Bonchev–Trinajstić information content (AvgIpc) is 3.88. The Hall–Kier alpha value is -8.38. The lowest BCUT2D eigenvalue weighted by atomic mass is 9.82. The molecule has 10 aromatic carbocycles. The van der Waals surface area contributed by atoms with E-state index in [1.54, 1.807) is 0 Å². The molecule has 0 saturated carbocycles. The van der Waals surface area contributed by atoms with Gasteiger partial charge >= 0.3 is 0 Å². The summed E-state index contributed by atoms with van der Waals surface area (Å²) in [6, 6.07) is 74.1. The van der Waals surface area contributed by atoms with Gasteiger partial charge in [-0.2, -0.15) is 0 Å². The van der Waals surface area contributed by atoms with E-state index in [2.05, 4.69) is 202 Å². The molecule has 0 N–H and O–H groups in total. The number of para-hydroxylation sites is 1. The van der Waals surface area contributed by atoms with Crippen LogP contribution in [0, 0.1) is 0 Å². The Morgan fingerprint density at radius 1 is 0.353 bits per heavy atom. The molecule has 0 amide bonds. The third kappa shape index (κ3) is 5.79. The number of benzene rings is 10. The van der Waals surface area contributed by atoms with Gasteiger partial charge in [-0.25, -0.2) is 19.9 Å². The minimum Gasteiger partial charge on any atom is -0.247 e. The lowest BCUT2D eigenvalue weighted by Crippen LogP contribution is -2.14. The van der Waals surface area contributed by atoms with Gasteiger partial charge in [-0.15, -0.1) is 11.3 Å². The minimum absolute atomic E-state index is 0.0991. The number of pyridine rings is 1. The molecule has 1 aliphatic rings. The first-order valence-electron chi connectivity index (χ1n) is 23.2. The number of nitrogens with zero attached hydrogens (tertiary/aromatic N) is 4. The van der Waals surface area contributed by atoms with Crippen molar-refractivity contribution < 1.29 is 0 Å². The Balaban J connectivity index is 0.987. The van der Waals surface area contributed by atoms with E-state index in [0.29, 0.717) is 17.5 Å². The summed E-state index contributed by atoms with van der Waals surface area (Å²) >= 11 is 1.87. The molecule has 0 unspecified atom stereocenters. The van der Waals surface area contributed by atoms with Crippen molar-refractivity contribution in [1.29, 1.82) is 0 Å². The normalized spacial score (nSPS) is 13.0. The SMILES string of the molecule is CC1(C)c2ccccc2-c2cc(-c3nc(-c4ccccc4)nc(-c4c5ccccc5c(-c5ccc6sc7c(ccc8c(-c9ccccc9)nc9ccccc9c87)c6c5)c5ccccc45)n3)ccc21. The minimum atomic E-state index is -0.0991. The van der Waals surface area contributed by atoms with Gasteiger partial charge < -0.3 is 0 Å². The van der Waals surface area contributed by atoms with Crippen molar-refractivity contribution in [2.24, 2.45) is 0 Å². The number of hydrogen-bond donors (Lipinski definition) is 0. The molecule has 0 fully saturated rings. The number of rotatable bonds is 5. The van der Waals surface area contributed by atoms with Crippen LogP contribution in [0.25, 0.3) is 131 Å². The van der Waals surface area contributed by atoms with Crippen LogP contribution >= 0.6 is 11.3 Å². The predicted molar refractivity (Wildman–Crippen MR) is 285 cm³/mol. The lowest BCUT2D eigenvalue weighted by molar-refractivity contribution is 0.660.